The van der Waals surface area contributed by atoms with E-state index in [-0.39, 0.29) is 6.10 Å². The van der Waals surface area contributed by atoms with Crippen molar-refractivity contribution in [2.45, 2.75) is 32.0 Å². The van der Waals surface area contributed by atoms with Crippen LogP contribution in [0, 0.1) is 0 Å². The van der Waals surface area contributed by atoms with Crippen LogP contribution in [0.5, 0.6) is 0 Å². The van der Waals surface area contributed by atoms with Gasteiger partial charge in [-0.1, -0.05) is 0 Å². The molecule has 3 unspecified atom stereocenters. The Hall–Kier alpha value is -0.160. The summed E-state index contributed by atoms with van der Waals surface area (Å²) < 4.78 is 4.91. The molecule has 0 aliphatic carbocycles. The van der Waals surface area contributed by atoms with Crippen molar-refractivity contribution in [2.24, 2.45) is 0 Å². The molecule has 4 nitrogen and oxygen atoms in total. The van der Waals surface area contributed by atoms with E-state index in [0.717, 1.165) is 13.1 Å². The maximum absolute atomic E-state index is 9.62. The first-order chi connectivity index (χ1) is 6.63. The third-order valence-electron chi connectivity index (χ3n) is 2.70. The Morgan fingerprint density at radius 3 is 2.93 bits per heavy atom. The molecule has 2 N–H and O–H groups in total. The maximum Gasteiger partial charge on any atom is 0.0900 e. The number of hydrogen-bond acceptors (Lipinski definition) is 4. The minimum absolute atomic E-state index is 0.368. The molecule has 0 radical (unpaired) electrons. The van der Waals surface area contributed by atoms with Gasteiger partial charge in [0.05, 0.1) is 12.7 Å². The molecule has 0 aromatic rings. The lowest BCUT2D eigenvalue weighted by Crippen LogP contribution is -2.56. The van der Waals surface area contributed by atoms with E-state index >= 15 is 0 Å². The third-order valence-corrected chi connectivity index (χ3v) is 2.70. The smallest absolute Gasteiger partial charge is 0.0900 e. The summed E-state index contributed by atoms with van der Waals surface area (Å²) in [5, 5.41) is 13.0. The lowest BCUT2D eigenvalue weighted by molar-refractivity contribution is 0.0189. The summed E-state index contributed by atoms with van der Waals surface area (Å²) in [5.74, 6) is 0. The van der Waals surface area contributed by atoms with E-state index in [1.807, 2.05) is 0 Å². The van der Waals surface area contributed by atoms with Gasteiger partial charge in [-0.05, 0) is 13.8 Å². The summed E-state index contributed by atoms with van der Waals surface area (Å²) in [7, 11) is 1.62. The third kappa shape index (κ3) is 3.53. The van der Waals surface area contributed by atoms with E-state index in [1.54, 1.807) is 7.11 Å². The minimum atomic E-state index is -0.368. The van der Waals surface area contributed by atoms with Crippen molar-refractivity contribution in [3.8, 4) is 0 Å². The summed E-state index contributed by atoms with van der Waals surface area (Å²) >= 11 is 0. The van der Waals surface area contributed by atoms with E-state index in [4.69, 9.17) is 4.74 Å². The minimum Gasteiger partial charge on any atom is -0.389 e. The summed E-state index contributed by atoms with van der Waals surface area (Å²) in [6.07, 6.45) is -0.368. The predicted octanol–water partition coefficient (Wildman–Crippen LogP) is -0.324. The summed E-state index contributed by atoms with van der Waals surface area (Å²) in [4.78, 5) is 2.31. The molecule has 4 heteroatoms. The normalized spacial score (nSPS) is 31.7. The Bertz CT molecular complexity index is 166. The first kappa shape index (κ1) is 11.9. The van der Waals surface area contributed by atoms with Crippen LogP contribution in [0.3, 0.4) is 0 Å². The van der Waals surface area contributed by atoms with Gasteiger partial charge < -0.3 is 15.2 Å². The number of rotatable bonds is 4. The molecule has 0 bridgehead atoms. The van der Waals surface area contributed by atoms with Gasteiger partial charge in [0, 0.05) is 38.8 Å². The Balaban J connectivity index is 2.33. The molecule has 1 aliphatic rings. The van der Waals surface area contributed by atoms with E-state index in [1.165, 1.54) is 0 Å². The standard InChI is InChI=1S/C10H22N2O2/c1-8-5-12(9(2)4-11-8)6-10(13)7-14-3/h8-11,13H,4-7H2,1-3H3. The van der Waals surface area contributed by atoms with Crippen molar-refractivity contribution < 1.29 is 9.84 Å². The fourth-order valence-corrected chi connectivity index (χ4v) is 1.87. The molecule has 0 spiro atoms. The molecule has 0 aromatic carbocycles. The van der Waals surface area contributed by atoms with Gasteiger partial charge in [-0.2, -0.15) is 0 Å². The highest BCUT2D eigenvalue weighted by atomic mass is 16.5. The number of piperazine rings is 1. The summed E-state index contributed by atoms with van der Waals surface area (Å²) in [5.41, 5.74) is 0. The van der Waals surface area contributed by atoms with Crippen LogP contribution >= 0.6 is 0 Å². The van der Waals surface area contributed by atoms with E-state index < -0.39 is 0 Å². The number of nitrogens with zero attached hydrogens (tertiary/aromatic N) is 1. The molecule has 1 fully saturated rings. The predicted molar refractivity (Wildman–Crippen MR) is 56.4 cm³/mol. The second kappa shape index (κ2) is 5.66. The zero-order chi connectivity index (χ0) is 10.6. The topological polar surface area (TPSA) is 44.7 Å². The van der Waals surface area contributed by atoms with Gasteiger partial charge >= 0.3 is 0 Å². The van der Waals surface area contributed by atoms with Crippen molar-refractivity contribution in [3.63, 3.8) is 0 Å². The quantitative estimate of drug-likeness (QED) is 0.655. The highest BCUT2D eigenvalue weighted by Gasteiger charge is 2.23. The van der Waals surface area contributed by atoms with Gasteiger partial charge in [0.25, 0.3) is 0 Å². The van der Waals surface area contributed by atoms with Crippen LogP contribution in [0.25, 0.3) is 0 Å². The second-order valence-electron chi connectivity index (χ2n) is 4.22. The number of methoxy groups -OCH3 is 1. The molecule has 1 saturated heterocycles. The van der Waals surface area contributed by atoms with Crippen molar-refractivity contribution >= 4 is 0 Å². The van der Waals surface area contributed by atoms with Gasteiger partial charge in [0.2, 0.25) is 0 Å². The van der Waals surface area contributed by atoms with Crippen molar-refractivity contribution in [3.05, 3.63) is 0 Å². The van der Waals surface area contributed by atoms with Crippen molar-refractivity contribution in [1.82, 2.24) is 10.2 Å². The van der Waals surface area contributed by atoms with E-state index in [2.05, 4.69) is 24.1 Å². The summed E-state index contributed by atoms with van der Waals surface area (Å²) in [6.45, 7) is 7.48. The van der Waals surface area contributed by atoms with E-state index in [0.29, 0.717) is 25.2 Å². The first-order valence-corrected chi connectivity index (χ1v) is 5.28. The van der Waals surface area contributed by atoms with Crippen LogP contribution < -0.4 is 5.32 Å². The van der Waals surface area contributed by atoms with Gasteiger partial charge in [0.15, 0.2) is 0 Å². The highest BCUT2D eigenvalue weighted by molar-refractivity contribution is 4.82. The van der Waals surface area contributed by atoms with Gasteiger partial charge in [-0.25, -0.2) is 0 Å². The van der Waals surface area contributed by atoms with Crippen molar-refractivity contribution in [1.29, 1.82) is 0 Å². The average Bonchev–Trinajstić information content (AvgIpc) is 2.12. The number of nitrogens with one attached hydrogen (secondary N) is 1. The molecule has 84 valence electrons. The Morgan fingerprint density at radius 2 is 2.29 bits per heavy atom. The monoisotopic (exact) mass is 202 g/mol. The van der Waals surface area contributed by atoms with Crippen LogP contribution in [0.1, 0.15) is 13.8 Å². The van der Waals surface area contributed by atoms with Crippen LogP contribution in [0.4, 0.5) is 0 Å². The number of hydrogen-bond donors (Lipinski definition) is 2. The highest BCUT2D eigenvalue weighted by Crippen LogP contribution is 2.07. The zero-order valence-electron chi connectivity index (χ0n) is 9.36. The van der Waals surface area contributed by atoms with Gasteiger partial charge in [-0.3, -0.25) is 4.90 Å². The second-order valence-corrected chi connectivity index (χ2v) is 4.22. The fraction of sp³-hybridized carbons (Fsp3) is 1.00. The summed E-state index contributed by atoms with van der Waals surface area (Å²) in [6, 6.07) is 1.01. The molecular formula is C10H22N2O2. The zero-order valence-corrected chi connectivity index (χ0v) is 9.36. The molecule has 0 aromatic heterocycles. The molecule has 0 saturated carbocycles. The van der Waals surface area contributed by atoms with Gasteiger partial charge in [0.1, 0.15) is 0 Å². The molecule has 1 aliphatic heterocycles. The molecular weight excluding hydrogens is 180 g/mol. The number of aliphatic hydroxyl groups excluding tert-OH is 1. The lowest BCUT2D eigenvalue weighted by atomic mass is 10.1. The van der Waals surface area contributed by atoms with Crippen LogP contribution in [0.15, 0.2) is 0 Å². The van der Waals surface area contributed by atoms with Crippen LogP contribution in [0.2, 0.25) is 0 Å². The van der Waals surface area contributed by atoms with Gasteiger partial charge in [-0.15, -0.1) is 0 Å². The lowest BCUT2D eigenvalue weighted by Gasteiger charge is -2.38. The largest absolute Gasteiger partial charge is 0.389 e. The Kier molecular flexibility index (Phi) is 4.81. The maximum atomic E-state index is 9.62. The molecule has 3 atom stereocenters. The first-order valence-electron chi connectivity index (χ1n) is 5.28. The van der Waals surface area contributed by atoms with E-state index in [9.17, 15) is 5.11 Å². The van der Waals surface area contributed by atoms with Crippen molar-refractivity contribution in [2.75, 3.05) is 33.4 Å². The Morgan fingerprint density at radius 1 is 1.57 bits per heavy atom. The number of β-amino-alcohol motifs (C(OH)–C–C–N with tert-alkyl or cyclic N) is 1. The molecule has 0 amide bonds. The number of aliphatic hydroxyl groups is 1. The molecule has 14 heavy (non-hydrogen) atoms. The average molecular weight is 202 g/mol. The molecule has 1 rings (SSSR count). The fourth-order valence-electron chi connectivity index (χ4n) is 1.87. The Labute approximate surface area is 86.2 Å². The van der Waals surface area contributed by atoms with Crippen LogP contribution in [-0.2, 0) is 4.74 Å². The molecule has 1 heterocycles. The number of ether oxygens (including phenoxy) is 1. The SMILES string of the molecule is COCC(O)CN1CC(C)NCC1C. The van der Waals surface area contributed by atoms with Crippen LogP contribution in [-0.4, -0.2) is 61.5 Å².